The fourth-order valence-electron chi connectivity index (χ4n) is 3.15. The van der Waals surface area contributed by atoms with Crippen molar-refractivity contribution >= 4 is 72.8 Å². The molecule has 0 radical (unpaired) electrons. The average Bonchev–Trinajstić information content (AvgIpc) is 2.84. The molecule has 0 amide bonds. The Kier molecular flexibility index (Phi) is 25.7. The molecule has 0 aromatic rings. The molecule has 0 fully saturated rings. The van der Waals surface area contributed by atoms with Gasteiger partial charge in [0, 0.05) is 0 Å². The zero-order valence-corrected chi connectivity index (χ0v) is 28.4. The molecule has 0 aliphatic rings. The third-order valence-corrected chi connectivity index (χ3v) is 15.7. The van der Waals surface area contributed by atoms with E-state index in [1.807, 2.05) is 0 Å². The van der Waals surface area contributed by atoms with E-state index >= 15 is 0 Å². The summed E-state index contributed by atoms with van der Waals surface area (Å²) in [6, 6.07) is 0. The van der Waals surface area contributed by atoms with Gasteiger partial charge in [-0.25, -0.2) is 0 Å². The Balaban J connectivity index is 5.38. The van der Waals surface area contributed by atoms with Crippen LogP contribution in [0.15, 0.2) is 0 Å². The zero-order chi connectivity index (χ0) is 26.9. The first-order valence-corrected chi connectivity index (χ1v) is 22.8. The van der Waals surface area contributed by atoms with Crippen molar-refractivity contribution in [2.45, 2.75) is 109 Å². The Hall–Kier alpha value is 0.259. The number of hydrogen-bond donors (Lipinski definition) is 0. The van der Waals surface area contributed by atoms with Gasteiger partial charge in [-0.05, 0) is 0 Å². The molecule has 0 heterocycles. The third kappa shape index (κ3) is 21.2. The first kappa shape index (κ1) is 36.3. The van der Waals surface area contributed by atoms with Gasteiger partial charge in [-0.1, -0.05) is 0 Å². The second-order valence-corrected chi connectivity index (χ2v) is 19.2. The average molecular weight is 674 g/mol. The standard InChI is InChI=1S/C8H17.3C6H12O2S.Sn/c1-3-5-7-8-6-4-2;3*1-2-3-4-9-5-6(7)8;/h1,3-8H2,2H3;3*2-5H2,1H3,(H,7,8);/q;;;;+3/p-3. The van der Waals surface area contributed by atoms with Gasteiger partial charge in [0.15, 0.2) is 0 Å². The summed E-state index contributed by atoms with van der Waals surface area (Å²) in [5.74, 6) is 1.85. The quantitative estimate of drug-likeness (QED) is 0.0723. The van der Waals surface area contributed by atoms with Gasteiger partial charge in [0.1, 0.15) is 0 Å². The van der Waals surface area contributed by atoms with Gasteiger partial charge in [-0.3, -0.25) is 0 Å². The second-order valence-electron chi connectivity index (χ2n) is 8.84. The summed E-state index contributed by atoms with van der Waals surface area (Å²) >= 11 is -0.268. The molecule has 6 nitrogen and oxygen atoms in total. The molecule has 0 saturated carbocycles. The molecule has 0 N–H and O–H groups in total. The molecule has 10 heteroatoms. The molecule has 0 bridgehead atoms. The summed E-state index contributed by atoms with van der Waals surface area (Å²) < 4.78 is 18.0. The summed E-state index contributed by atoms with van der Waals surface area (Å²) in [7, 11) is 0. The maximum absolute atomic E-state index is 12.8. The van der Waals surface area contributed by atoms with E-state index in [4.69, 9.17) is 9.22 Å². The molecule has 0 spiro atoms. The van der Waals surface area contributed by atoms with E-state index < -0.39 is 37.5 Å². The van der Waals surface area contributed by atoms with E-state index in [0.717, 1.165) is 87.9 Å². The van der Waals surface area contributed by atoms with Gasteiger partial charge in [0.05, 0.1) is 0 Å². The van der Waals surface area contributed by atoms with Crippen molar-refractivity contribution in [2.24, 2.45) is 0 Å². The first-order chi connectivity index (χ1) is 17.4. The van der Waals surface area contributed by atoms with Crippen LogP contribution < -0.4 is 0 Å². The van der Waals surface area contributed by atoms with Gasteiger partial charge < -0.3 is 0 Å². The molecular formula is C26H50O6S3Sn. The van der Waals surface area contributed by atoms with Crippen LogP contribution in [-0.4, -0.2) is 72.0 Å². The van der Waals surface area contributed by atoms with E-state index in [1.165, 1.54) is 41.7 Å². The van der Waals surface area contributed by atoms with E-state index in [-0.39, 0.29) is 17.3 Å². The Morgan fingerprint density at radius 2 is 0.833 bits per heavy atom. The van der Waals surface area contributed by atoms with Gasteiger partial charge in [0.25, 0.3) is 0 Å². The normalized spacial score (nSPS) is 11.3. The van der Waals surface area contributed by atoms with E-state index in [1.54, 1.807) is 0 Å². The van der Waals surface area contributed by atoms with Crippen molar-refractivity contribution in [2.75, 3.05) is 34.5 Å². The molecule has 0 unspecified atom stereocenters. The van der Waals surface area contributed by atoms with Gasteiger partial charge in [-0.15, -0.1) is 0 Å². The molecule has 0 rings (SSSR count). The fourth-order valence-corrected chi connectivity index (χ4v) is 13.4. The summed E-state index contributed by atoms with van der Waals surface area (Å²) in [6.45, 7) is 8.50. The number of unbranched alkanes of at least 4 members (excludes halogenated alkanes) is 8. The third-order valence-electron chi connectivity index (χ3n) is 5.23. The van der Waals surface area contributed by atoms with Crippen LogP contribution in [0.3, 0.4) is 0 Å². The zero-order valence-electron chi connectivity index (χ0n) is 23.1. The monoisotopic (exact) mass is 674 g/mol. The maximum atomic E-state index is 12.8. The molecule has 0 atom stereocenters. The predicted octanol–water partition coefficient (Wildman–Crippen LogP) is 7.52. The topological polar surface area (TPSA) is 78.9 Å². The Morgan fingerprint density at radius 1 is 0.500 bits per heavy atom. The van der Waals surface area contributed by atoms with Crippen LogP contribution in [0.4, 0.5) is 0 Å². The molecule has 0 saturated heterocycles. The van der Waals surface area contributed by atoms with Crippen LogP contribution in [0, 0.1) is 0 Å². The van der Waals surface area contributed by atoms with Crippen molar-refractivity contribution in [1.82, 2.24) is 0 Å². The predicted molar refractivity (Wildman–Crippen MR) is 159 cm³/mol. The van der Waals surface area contributed by atoms with Crippen molar-refractivity contribution in [3.8, 4) is 0 Å². The number of carbonyl (C=O) groups is 3. The van der Waals surface area contributed by atoms with Gasteiger partial charge in [0.2, 0.25) is 0 Å². The SMILES string of the molecule is CCCCCCC[CH2][Sn]([O]C(=O)CSCCCC)([O]C(=O)CSCCCC)[O]C(=O)CSCCCC. The first-order valence-electron chi connectivity index (χ1n) is 13.8. The summed E-state index contributed by atoms with van der Waals surface area (Å²) in [5.41, 5.74) is 0. The van der Waals surface area contributed by atoms with Crippen molar-refractivity contribution < 1.29 is 23.6 Å². The van der Waals surface area contributed by atoms with Crippen molar-refractivity contribution in [1.29, 1.82) is 0 Å². The van der Waals surface area contributed by atoms with E-state index in [2.05, 4.69) is 27.7 Å². The van der Waals surface area contributed by atoms with Crippen LogP contribution in [0.25, 0.3) is 0 Å². The molecule has 0 aromatic carbocycles. The minimum absolute atomic E-state index is 0.181. The number of hydrogen-bond acceptors (Lipinski definition) is 9. The molecule has 212 valence electrons. The molecule has 0 aromatic heterocycles. The van der Waals surface area contributed by atoms with Crippen molar-refractivity contribution in [3.05, 3.63) is 0 Å². The van der Waals surface area contributed by atoms with E-state index in [0.29, 0.717) is 4.44 Å². The summed E-state index contributed by atoms with van der Waals surface area (Å²) in [5, 5.41) is 0. The number of thioether (sulfide) groups is 3. The summed E-state index contributed by atoms with van der Waals surface area (Å²) in [4.78, 5) is 38.3. The van der Waals surface area contributed by atoms with Crippen LogP contribution in [0.2, 0.25) is 4.44 Å². The fraction of sp³-hybridized carbons (Fsp3) is 0.885. The minimum atomic E-state index is -4.80. The summed E-state index contributed by atoms with van der Waals surface area (Å²) in [6.07, 6.45) is 12.5. The van der Waals surface area contributed by atoms with E-state index in [9.17, 15) is 14.4 Å². The van der Waals surface area contributed by atoms with Gasteiger partial charge in [-0.2, -0.15) is 0 Å². The van der Waals surface area contributed by atoms with Crippen molar-refractivity contribution in [3.63, 3.8) is 0 Å². The molecule has 0 aliphatic heterocycles. The second kappa shape index (κ2) is 25.5. The van der Waals surface area contributed by atoms with Gasteiger partial charge >= 0.3 is 240 Å². The number of rotatable bonds is 25. The molecular weight excluding hydrogens is 623 g/mol. The van der Waals surface area contributed by atoms with Crippen LogP contribution >= 0.6 is 35.3 Å². The molecule has 36 heavy (non-hydrogen) atoms. The Morgan fingerprint density at radius 3 is 1.19 bits per heavy atom. The Labute approximate surface area is 238 Å². The number of carbonyl (C=O) groups excluding carboxylic acids is 3. The molecule has 0 aliphatic carbocycles. The Bertz CT molecular complexity index is 515. The van der Waals surface area contributed by atoms with Crippen LogP contribution in [0.1, 0.15) is 105 Å². The van der Waals surface area contributed by atoms with Crippen LogP contribution in [-0.2, 0) is 23.6 Å². The van der Waals surface area contributed by atoms with Crippen LogP contribution in [0.5, 0.6) is 0 Å².